The van der Waals surface area contributed by atoms with Crippen LogP contribution in [0, 0.1) is 15.9 Å². The van der Waals surface area contributed by atoms with Crippen molar-refractivity contribution in [3.63, 3.8) is 0 Å². The van der Waals surface area contributed by atoms with Crippen molar-refractivity contribution in [1.29, 1.82) is 0 Å². The fraction of sp³-hybridized carbons (Fsp3) is 0. The first-order valence-electron chi connectivity index (χ1n) is 4.54. The number of nitro benzene ring substituents is 1. The van der Waals surface area contributed by atoms with Crippen molar-refractivity contribution in [2.75, 3.05) is 0 Å². The van der Waals surface area contributed by atoms with Gasteiger partial charge in [0.2, 0.25) is 0 Å². The van der Waals surface area contributed by atoms with Gasteiger partial charge in [0.1, 0.15) is 11.4 Å². The number of halogens is 1. The maximum atomic E-state index is 13.6. The van der Waals surface area contributed by atoms with Gasteiger partial charge in [0.25, 0.3) is 5.69 Å². The van der Waals surface area contributed by atoms with Crippen LogP contribution >= 0.6 is 0 Å². The first kappa shape index (κ1) is 10.2. The highest BCUT2D eigenvalue weighted by Gasteiger charge is 2.19. The maximum Gasteiger partial charge on any atom is 0.281 e. The Morgan fingerprint density at radius 1 is 1.19 bits per heavy atom. The van der Waals surface area contributed by atoms with Gasteiger partial charge in [-0.2, -0.15) is 0 Å². The molecule has 0 saturated heterocycles. The minimum absolute atomic E-state index is 0.0758. The Balaban J connectivity index is 2.68. The normalized spacial score (nSPS) is 10.1. The molecule has 16 heavy (non-hydrogen) atoms. The van der Waals surface area contributed by atoms with Crippen molar-refractivity contribution in [2.45, 2.75) is 0 Å². The van der Waals surface area contributed by atoms with Gasteiger partial charge in [-0.05, 0) is 18.2 Å². The van der Waals surface area contributed by atoms with Gasteiger partial charge in [-0.25, -0.2) is 4.39 Å². The van der Waals surface area contributed by atoms with E-state index in [1.807, 2.05) is 0 Å². The summed E-state index contributed by atoms with van der Waals surface area (Å²) in [6, 6.07) is 8.59. The molecule has 2 aromatic rings. The lowest BCUT2D eigenvalue weighted by Crippen LogP contribution is -1.95. The highest BCUT2D eigenvalue weighted by molar-refractivity contribution is 5.70. The molecule has 0 unspecified atom stereocenters. The Morgan fingerprint density at radius 2 is 2.00 bits per heavy atom. The summed E-state index contributed by atoms with van der Waals surface area (Å²) in [7, 11) is 0. The molecule has 1 aromatic carbocycles. The largest absolute Gasteiger partial charge is 0.281 e. The fourth-order valence-corrected chi connectivity index (χ4v) is 1.43. The highest BCUT2D eigenvalue weighted by atomic mass is 19.1. The van der Waals surface area contributed by atoms with Gasteiger partial charge in [-0.15, -0.1) is 0 Å². The molecule has 0 fully saturated rings. The standard InChI is InChI=1S/C11H7FN2O2/c12-8-4-3-6-10(14(15)16)11(8)9-5-1-2-7-13-9/h1-7H. The van der Waals surface area contributed by atoms with Gasteiger partial charge in [0.05, 0.1) is 10.6 Å². The molecule has 0 aliphatic rings. The van der Waals surface area contributed by atoms with Crippen molar-refractivity contribution >= 4 is 5.69 Å². The molecular formula is C11H7FN2O2. The van der Waals surface area contributed by atoms with Crippen LogP contribution in [0.1, 0.15) is 0 Å². The molecule has 0 radical (unpaired) electrons. The smallest absolute Gasteiger partial charge is 0.258 e. The lowest BCUT2D eigenvalue weighted by atomic mass is 10.1. The molecule has 0 aliphatic heterocycles. The lowest BCUT2D eigenvalue weighted by molar-refractivity contribution is -0.384. The number of rotatable bonds is 2. The van der Waals surface area contributed by atoms with Crippen LogP contribution in [0.25, 0.3) is 11.3 Å². The van der Waals surface area contributed by atoms with E-state index in [1.54, 1.807) is 12.1 Å². The summed E-state index contributed by atoms with van der Waals surface area (Å²) in [5, 5.41) is 10.8. The topological polar surface area (TPSA) is 56.0 Å². The summed E-state index contributed by atoms with van der Waals surface area (Å²) in [5.41, 5.74) is -0.0981. The lowest BCUT2D eigenvalue weighted by Gasteiger charge is -2.02. The summed E-state index contributed by atoms with van der Waals surface area (Å²) in [6.07, 6.45) is 1.46. The van der Waals surface area contributed by atoms with Crippen molar-refractivity contribution in [3.8, 4) is 11.3 Å². The molecule has 0 atom stereocenters. The van der Waals surface area contributed by atoms with Crippen molar-refractivity contribution in [2.24, 2.45) is 0 Å². The second-order valence-electron chi connectivity index (χ2n) is 3.11. The van der Waals surface area contributed by atoms with Crippen molar-refractivity contribution in [3.05, 3.63) is 58.5 Å². The summed E-state index contributed by atoms with van der Waals surface area (Å²) in [6.45, 7) is 0. The number of hydrogen-bond donors (Lipinski definition) is 0. The number of aromatic nitrogens is 1. The third-order valence-corrected chi connectivity index (χ3v) is 2.11. The zero-order valence-electron chi connectivity index (χ0n) is 8.13. The molecule has 0 amide bonds. The maximum absolute atomic E-state index is 13.6. The number of pyridine rings is 1. The molecule has 4 nitrogen and oxygen atoms in total. The summed E-state index contributed by atoms with van der Waals surface area (Å²) in [5.74, 6) is -0.645. The molecule has 1 aromatic heterocycles. The fourth-order valence-electron chi connectivity index (χ4n) is 1.43. The number of nitro groups is 1. The molecule has 1 heterocycles. The summed E-state index contributed by atoms with van der Waals surface area (Å²) < 4.78 is 13.6. The van der Waals surface area contributed by atoms with E-state index in [1.165, 1.54) is 30.5 Å². The van der Waals surface area contributed by atoms with E-state index in [4.69, 9.17) is 0 Å². The number of nitrogens with zero attached hydrogens (tertiary/aromatic N) is 2. The van der Waals surface area contributed by atoms with Gasteiger partial charge in [-0.3, -0.25) is 15.1 Å². The molecule has 0 saturated carbocycles. The zero-order valence-corrected chi connectivity index (χ0v) is 8.13. The van der Waals surface area contributed by atoms with Crippen LogP contribution in [0.2, 0.25) is 0 Å². The van der Waals surface area contributed by atoms with E-state index in [9.17, 15) is 14.5 Å². The Labute approximate surface area is 90.5 Å². The van der Waals surface area contributed by atoms with Gasteiger partial charge < -0.3 is 0 Å². The SMILES string of the molecule is O=[N+]([O-])c1cccc(F)c1-c1ccccn1. The summed E-state index contributed by atoms with van der Waals surface area (Å²) >= 11 is 0. The predicted molar refractivity (Wildman–Crippen MR) is 56.3 cm³/mol. The second-order valence-corrected chi connectivity index (χ2v) is 3.11. The minimum Gasteiger partial charge on any atom is -0.258 e. The van der Waals surface area contributed by atoms with Gasteiger partial charge in [0, 0.05) is 12.3 Å². The number of benzene rings is 1. The van der Waals surface area contributed by atoms with E-state index >= 15 is 0 Å². The zero-order chi connectivity index (χ0) is 11.5. The third-order valence-electron chi connectivity index (χ3n) is 2.11. The minimum atomic E-state index is -0.645. The van der Waals surface area contributed by atoms with Gasteiger partial charge in [0.15, 0.2) is 0 Å². The molecule has 0 aliphatic carbocycles. The highest BCUT2D eigenvalue weighted by Crippen LogP contribution is 2.30. The first-order chi connectivity index (χ1) is 7.70. The van der Waals surface area contributed by atoms with Crippen LogP contribution in [0.5, 0.6) is 0 Å². The van der Waals surface area contributed by atoms with Gasteiger partial charge in [-0.1, -0.05) is 12.1 Å². The molecule has 0 N–H and O–H groups in total. The quantitative estimate of drug-likeness (QED) is 0.575. The van der Waals surface area contributed by atoms with E-state index in [0.717, 1.165) is 0 Å². The molecule has 5 heteroatoms. The predicted octanol–water partition coefficient (Wildman–Crippen LogP) is 2.80. The second kappa shape index (κ2) is 4.06. The average molecular weight is 218 g/mol. The summed E-state index contributed by atoms with van der Waals surface area (Å²) in [4.78, 5) is 14.0. The van der Waals surface area contributed by atoms with E-state index in [0.29, 0.717) is 0 Å². The molecule has 2 rings (SSSR count). The third kappa shape index (κ3) is 1.75. The van der Waals surface area contributed by atoms with E-state index < -0.39 is 10.7 Å². The van der Waals surface area contributed by atoms with Crippen LogP contribution in [0.15, 0.2) is 42.6 Å². The van der Waals surface area contributed by atoms with E-state index in [2.05, 4.69) is 4.98 Å². The van der Waals surface area contributed by atoms with Crippen LogP contribution in [0.3, 0.4) is 0 Å². The van der Waals surface area contributed by atoms with Crippen LogP contribution in [0.4, 0.5) is 10.1 Å². The van der Waals surface area contributed by atoms with Crippen LogP contribution in [-0.4, -0.2) is 9.91 Å². The Kier molecular flexibility index (Phi) is 2.59. The monoisotopic (exact) mass is 218 g/mol. The van der Waals surface area contributed by atoms with E-state index in [-0.39, 0.29) is 16.9 Å². The van der Waals surface area contributed by atoms with Crippen molar-refractivity contribution in [1.82, 2.24) is 4.98 Å². The molecule has 0 bridgehead atoms. The van der Waals surface area contributed by atoms with Gasteiger partial charge >= 0.3 is 0 Å². The Morgan fingerprint density at radius 3 is 2.62 bits per heavy atom. The molecule has 0 spiro atoms. The number of hydrogen-bond acceptors (Lipinski definition) is 3. The first-order valence-corrected chi connectivity index (χ1v) is 4.54. The average Bonchev–Trinajstić information content (AvgIpc) is 2.29. The molecular weight excluding hydrogens is 211 g/mol. The Bertz CT molecular complexity index is 529. The molecule has 80 valence electrons. The van der Waals surface area contributed by atoms with Crippen LogP contribution < -0.4 is 0 Å². The van der Waals surface area contributed by atoms with Crippen LogP contribution in [-0.2, 0) is 0 Å². The van der Waals surface area contributed by atoms with Crippen molar-refractivity contribution < 1.29 is 9.31 Å². The Hall–Kier alpha value is -2.30.